The Hall–Kier alpha value is -2.21. The van der Waals surface area contributed by atoms with Gasteiger partial charge < -0.3 is 19.3 Å². The molecule has 0 saturated carbocycles. The van der Waals surface area contributed by atoms with Crippen LogP contribution in [0, 0.1) is 0 Å². The van der Waals surface area contributed by atoms with E-state index in [4.69, 9.17) is 9.47 Å². The molecule has 2 aromatic carbocycles. The van der Waals surface area contributed by atoms with Crippen molar-refractivity contribution in [2.75, 3.05) is 37.7 Å². The third-order valence-corrected chi connectivity index (χ3v) is 6.85. The molecule has 5 heteroatoms. The van der Waals surface area contributed by atoms with Gasteiger partial charge in [-0.2, -0.15) is 0 Å². The topological polar surface area (TPSA) is 42.0 Å². The van der Waals surface area contributed by atoms with Crippen molar-refractivity contribution in [3.8, 4) is 0 Å². The van der Waals surface area contributed by atoms with Crippen LogP contribution in [0.25, 0.3) is 0 Å². The van der Waals surface area contributed by atoms with Crippen molar-refractivity contribution < 1.29 is 14.3 Å². The van der Waals surface area contributed by atoms with Crippen LogP contribution >= 0.6 is 0 Å². The number of carbonyl (C=O) groups excluding carboxylic acids is 1. The van der Waals surface area contributed by atoms with Crippen LogP contribution in [0.4, 0.5) is 5.69 Å². The minimum atomic E-state index is -0.0602. The molecule has 2 aromatic rings. The van der Waals surface area contributed by atoms with Gasteiger partial charge in [-0.15, -0.1) is 0 Å². The van der Waals surface area contributed by atoms with Crippen molar-refractivity contribution >= 4 is 11.6 Å². The number of ether oxygens (including phenoxy) is 2. The Morgan fingerprint density at radius 1 is 0.833 bits per heavy atom. The molecule has 0 aliphatic carbocycles. The predicted molar refractivity (Wildman–Crippen MR) is 116 cm³/mol. The van der Waals surface area contributed by atoms with Gasteiger partial charge in [-0.3, -0.25) is 4.79 Å². The van der Waals surface area contributed by atoms with E-state index in [1.54, 1.807) is 0 Å². The summed E-state index contributed by atoms with van der Waals surface area (Å²) in [7, 11) is 0. The van der Waals surface area contributed by atoms with Crippen molar-refractivity contribution in [1.82, 2.24) is 4.90 Å². The molecule has 5 nitrogen and oxygen atoms in total. The molecule has 0 bridgehead atoms. The first-order chi connectivity index (χ1) is 14.8. The number of amides is 1. The van der Waals surface area contributed by atoms with Gasteiger partial charge in [0.05, 0.1) is 18.8 Å². The molecule has 158 valence electrons. The number of para-hydroxylation sites is 1. The van der Waals surface area contributed by atoms with Gasteiger partial charge in [-0.25, -0.2) is 0 Å². The Morgan fingerprint density at radius 3 is 2.43 bits per heavy atom. The standard InChI is InChI=1S/C25H30N2O3/c28-24-19-29-17-21-8-2-4-10-23(21)27(24)14-6-5-13-26-15-11-25(12-16-26)22-9-3-1-7-20(22)18-30-25/h1-4,7-10H,5-6,11-19H2. The summed E-state index contributed by atoms with van der Waals surface area (Å²) in [6.45, 7) is 5.43. The molecule has 1 saturated heterocycles. The number of nitrogens with zero attached hydrogens (tertiary/aromatic N) is 2. The second-order valence-electron chi connectivity index (χ2n) is 8.66. The molecule has 0 N–H and O–H groups in total. The van der Waals surface area contributed by atoms with E-state index in [0.717, 1.165) is 69.7 Å². The highest BCUT2D eigenvalue weighted by molar-refractivity contribution is 5.95. The molecule has 0 atom stereocenters. The SMILES string of the molecule is O=C1COCc2ccccc2N1CCCCN1CCC2(CC1)OCc1ccccc12. The quantitative estimate of drug-likeness (QED) is 0.708. The summed E-state index contributed by atoms with van der Waals surface area (Å²) in [4.78, 5) is 17.0. The summed E-state index contributed by atoms with van der Waals surface area (Å²) in [5, 5.41) is 0. The van der Waals surface area contributed by atoms with Gasteiger partial charge in [0.2, 0.25) is 0 Å². The number of benzene rings is 2. The van der Waals surface area contributed by atoms with E-state index in [0.29, 0.717) is 6.61 Å². The Kier molecular flexibility index (Phi) is 5.59. The first kappa shape index (κ1) is 19.7. The monoisotopic (exact) mass is 406 g/mol. The number of fused-ring (bicyclic) bond motifs is 3. The number of hydrogen-bond donors (Lipinski definition) is 0. The van der Waals surface area contributed by atoms with Crippen LogP contribution in [-0.2, 0) is 33.1 Å². The van der Waals surface area contributed by atoms with E-state index in [2.05, 4.69) is 29.2 Å². The van der Waals surface area contributed by atoms with E-state index in [1.165, 1.54) is 11.1 Å². The number of hydrogen-bond acceptors (Lipinski definition) is 4. The zero-order valence-corrected chi connectivity index (χ0v) is 17.5. The lowest BCUT2D eigenvalue weighted by Crippen LogP contribution is -2.43. The Balaban J connectivity index is 1.12. The largest absolute Gasteiger partial charge is 0.367 e. The molecule has 1 amide bonds. The predicted octanol–water partition coefficient (Wildman–Crippen LogP) is 3.85. The van der Waals surface area contributed by atoms with Crippen LogP contribution in [-0.4, -0.2) is 43.6 Å². The summed E-state index contributed by atoms with van der Waals surface area (Å²) in [5.74, 6) is 0.0666. The van der Waals surface area contributed by atoms with Gasteiger partial charge in [0.15, 0.2) is 0 Å². The minimum Gasteiger partial charge on any atom is -0.367 e. The van der Waals surface area contributed by atoms with Crippen LogP contribution in [0.5, 0.6) is 0 Å². The molecule has 3 aliphatic rings. The van der Waals surface area contributed by atoms with Crippen molar-refractivity contribution in [2.45, 2.75) is 44.5 Å². The average molecular weight is 407 g/mol. The summed E-state index contributed by atoms with van der Waals surface area (Å²) < 4.78 is 11.8. The molecule has 5 rings (SSSR count). The van der Waals surface area contributed by atoms with Crippen LogP contribution in [0.1, 0.15) is 42.4 Å². The highest BCUT2D eigenvalue weighted by Gasteiger charge is 2.42. The Morgan fingerprint density at radius 2 is 1.57 bits per heavy atom. The van der Waals surface area contributed by atoms with Crippen LogP contribution < -0.4 is 4.90 Å². The number of rotatable bonds is 5. The number of carbonyl (C=O) groups is 1. The third kappa shape index (κ3) is 3.78. The molecular formula is C25H30N2O3. The zero-order chi connectivity index (χ0) is 20.4. The second kappa shape index (κ2) is 8.50. The lowest BCUT2D eigenvalue weighted by molar-refractivity contribution is -0.123. The minimum absolute atomic E-state index is 0.0602. The van der Waals surface area contributed by atoms with Gasteiger partial charge in [0.25, 0.3) is 5.91 Å². The Labute approximate surface area is 178 Å². The summed E-state index contributed by atoms with van der Waals surface area (Å²) in [6, 6.07) is 16.8. The fourth-order valence-corrected chi connectivity index (χ4v) is 5.14. The van der Waals surface area contributed by atoms with Crippen molar-refractivity contribution in [3.63, 3.8) is 0 Å². The summed E-state index contributed by atoms with van der Waals surface area (Å²) in [6.07, 6.45) is 4.23. The van der Waals surface area contributed by atoms with Gasteiger partial charge in [-0.1, -0.05) is 42.5 Å². The van der Waals surface area contributed by atoms with E-state index in [9.17, 15) is 4.79 Å². The maximum absolute atomic E-state index is 12.5. The van der Waals surface area contributed by atoms with E-state index in [-0.39, 0.29) is 18.1 Å². The van der Waals surface area contributed by atoms with Crippen LogP contribution in [0.15, 0.2) is 48.5 Å². The first-order valence-corrected chi connectivity index (χ1v) is 11.2. The number of unbranched alkanes of at least 4 members (excludes halogenated alkanes) is 1. The maximum atomic E-state index is 12.5. The van der Waals surface area contributed by atoms with E-state index < -0.39 is 0 Å². The average Bonchev–Trinajstić information content (AvgIpc) is 3.05. The first-order valence-electron chi connectivity index (χ1n) is 11.2. The van der Waals surface area contributed by atoms with Crippen molar-refractivity contribution in [1.29, 1.82) is 0 Å². The molecule has 1 fully saturated rings. The fourth-order valence-electron chi connectivity index (χ4n) is 5.14. The normalized spacial score (nSPS) is 20.8. The molecule has 1 spiro atoms. The third-order valence-electron chi connectivity index (χ3n) is 6.85. The molecule has 0 aromatic heterocycles. The highest BCUT2D eigenvalue weighted by atomic mass is 16.5. The zero-order valence-electron chi connectivity index (χ0n) is 17.5. The summed E-state index contributed by atoms with van der Waals surface area (Å²) >= 11 is 0. The molecule has 0 radical (unpaired) electrons. The van der Waals surface area contributed by atoms with Crippen LogP contribution in [0.2, 0.25) is 0 Å². The van der Waals surface area contributed by atoms with E-state index >= 15 is 0 Å². The molecule has 30 heavy (non-hydrogen) atoms. The number of anilines is 1. The van der Waals surface area contributed by atoms with E-state index in [1.807, 2.05) is 29.2 Å². The number of piperidine rings is 1. The van der Waals surface area contributed by atoms with Crippen molar-refractivity contribution in [3.05, 3.63) is 65.2 Å². The maximum Gasteiger partial charge on any atom is 0.252 e. The molecular weight excluding hydrogens is 376 g/mol. The van der Waals surface area contributed by atoms with Crippen LogP contribution in [0.3, 0.4) is 0 Å². The fraction of sp³-hybridized carbons (Fsp3) is 0.480. The van der Waals surface area contributed by atoms with Crippen molar-refractivity contribution in [2.24, 2.45) is 0 Å². The summed E-state index contributed by atoms with van der Waals surface area (Å²) in [5.41, 5.74) is 4.82. The van der Waals surface area contributed by atoms with Gasteiger partial charge in [0.1, 0.15) is 6.61 Å². The molecule has 0 unspecified atom stereocenters. The second-order valence-corrected chi connectivity index (χ2v) is 8.66. The highest BCUT2D eigenvalue weighted by Crippen LogP contribution is 2.43. The lowest BCUT2D eigenvalue weighted by Gasteiger charge is -2.39. The van der Waals surface area contributed by atoms with Gasteiger partial charge >= 0.3 is 0 Å². The molecule has 3 aliphatic heterocycles. The number of likely N-dealkylation sites (tertiary alicyclic amines) is 1. The smallest absolute Gasteiger partial charge is 0.252 e. The lowest BCUT2D eigenvalue weighted by atomic mass is 9.84. The molecule has 3 heterocycles. The Bertz CT molecular complexity index is 905. The van der Waals surface area contributed by atoms with Gasteiger partial charge in [0, 0.05) is 30.9 Å². The van der Waals surface area contributed by atoms with Gasteiger partial charge in [-0.05, 0) is 49.4 Å².